The van der Waals surface area contributed by atoms with Crippen LogP contribution in [0.25, 0.3) is 0 Å². The van der Waals surface area contributed by atoms with E-state index in [1.165, 1.54) is 0 Å². The molecule has 84 valence electrons. The Bertz CT molecular complexity index is 166. The van der Waals surface area contributed by atoms with Gasteiger partial charge in [0.2, 0.25) is 5.92 Å². The van der Waals surface area contributed by atoms with Gasteiger partial charge in [0.15, 0.2) is 0 Å². The first-order chi connectivity index (χ1) is 6.53. The van der Waals surface area contributed by atoms with Crippen LogP contribution in [0.2, 0.25) is 0 Å². The lowest BCUT2D eigenvalue weighted by Gasteiger charge is -2.35. The van der Waals surface area contributed by atoms with Gasteiger partial charge in [0.25, 0.3) is 0 Å². The third-order valence-electron chi connectivity index (χ3n) is 2.55. The van der Waals surface area contributed by atoms with E-state index < -0.39 is 5.92 Å². The second-order valence-corrected chi connectivity index (χ2v) is 3.93. The first-order valence-corrected chi connectivity index (χ1v) is 5.05. The fourth-order valence-corrected chi connectivity index (χ4v) is 1.52. The summed E-state index contributed by atoms with van der Waals surface area (Å²) in [6.45, 7) is 1.35. The van der Waals surface area contributed by atoms with E-state index in [1.54, 1.807) is 7.11 Å². The van der Waals surface area contributed by atoms with E-state index in [1.807, 2.05) is 0 Å². The number of hydrogen-bond acceptors (Lipinski definition) is 2. The summed E-state index contributed by atoms with van der Waals surface area (Å²) >= 11 is 0. The van der Waals surface area contributed by atoms with Gasteiger partial charge in [-0.2, -0.15) is 0 Å². The van der Waals surface area contributed by atoms with Crippen LogP contribution in [0.5, 0.6) is 0 Å². The lowest BCUT2D eigenvalue weighted by Crippen LogP contribution is -2.40. The molecule has 0 aromatic rings. The van der Waals surface area contributed by atoms with Crippen molar-refractivity contribution in [1.82, 2.24) is 0 Å². The molecule has 1 rings (SSSR count). The van der Waals surface area contributed by atoms with Gasteiger partial charge >= 0.3 is 0 Å². The molecule has 1 aliphatic carbocycles. The smallest absolute Gasteiger partial charge is 0.245 e. The molecule has 0 spiro atoms. The van der Waals surface area contributed by atoms with Gasteiger partial charge < -0.3 is 9.47 Å². The average molecular weight is 208 g/mol. The number of alkyl halides is 2. The molecule has 0 N–H and O–H groups in total. The molecule has 0 aliphatic heterocycles. The molecule has 2 atom stereocenters. The summed E-state index contributed by atoms with van der Waals surface area (Å²) in [5.41, 5.74) is 0. The highest BCUT2D eigenvalue weighted by Gasteiger charge is 2.31. The van der Waals surface area contributed by atoms with Gasteiger partial charge in [-0.3, -0.25) is 0 Å². The summed E-state index contributed by atoms with van der Waals surface area (Å²) in [4.78, 5) is 0. The molecule has 2 unspecified atom stereocenters. The molecule has 4 heteroatoms. The van der Waals surface area contributed by atoms with E-state index in [-0.39, 0.29) is 18.6 Å². The molecule has 0 aromatic heterocycles. The van der Waals surface area contributed by atoms with Crippen molar-refractivity contribution in [3.05, 3.63) is 0 Å². The van der Waals surface area contributed by atoms with Gasteiger partial charge in [0.1, 0.15) is 0 Å². The maximum Gasteiger partial charge on any atom is 0.245 e. The summed E-state index contributed by atoms with van der Waals surface area (Å²) in [6, 6.07) is 0. The fourth-order valence-electron chi connectivity index (χ4n) is 1.52. The molecule has 1 aliphatic rings. The second-order valence-electron chi connectivity index (χ2n) is 3.93. The monoisotopic (exact) mass is 208 g/mol. The summed E-state index contributed by atoms with van der Waals surface area (Å²) in [5.74, 6) is -2.57. The summed E-state index contributed by atoms with van der Waals surface area (Å²) in [7, 11) is 1.65. The van der Waals surface area contributed by atoms with Gasteiger partial charge in [-0.05, 0) is 26.2 Å². The van der Waals surface area contributed by atoms with Crippen LogP contribution in [-0.2, 0) is 9.47 Å². The Balaban J connectivity index is 1.99. The van der Waals surface area contributed by atoms with Crippen LogP contribution in [0, 0.1) is 0 Å². The van der Waals surface area contributed by atoms with Gasteiger partial charge in [0, 0.05) is 20.1 Å². The first-order valence-electron chi connectivity index (χ1n) is 5.05. The van der Waals surface area contributed by atoms with Gasteiger partial charge in [-0.15, -0.1) is 0 Å². The fraction of sp³-hybridized carbons (Fsp3) is 1.00. The van der Waals surface area contributed by atoms with Crippen LogP contribution in [0.1, 0.15) is 32.6 Å². The minimum absolute atomic E-state index is 0.0998. The summed E-state index contributed by atoms with van der Waals surface area (Å²) in [5, 5.41) is 0. The van der Waals surface area contributed by atoms with Crippen LogP contribution < -0.4 is 0 Å². The Morgan fingerprint density at radius 1 is 1.29 bits per heavy atom. The van der Waals surface area contributed by atoms with Crippen molar-refractivity contribution >= 4 is 0 Å². The largest absolute Gasteiger partial charge is 0.379 e. The SMILES string of the molecule is COC1CCC1OCCCC(C)(F)F. The molecular formula is C10H18F2O2. The third-order valence-corrected chi connectivity index (χ3v) is 2.55. The maximum atomic E-state index is 12.4. The van der Waals surface area contributed by atoms with E-state index >= 15 is 0 Å². The number of hydrogen-bond donors (Lipinski definition) is 0. The Morgan fingerprint density at radius 3 is 2.36 bits per heavy atom. The third kappa shape index (κ3) is 3.88. The molecule has 0 radical (unpaired) electrons. The molecule has 2 nitrogen and oxygen atoms in total. The highest BCUT2D eigenvalue weighted by molar-refractivity contribution is 4.82. The molecule has 0 saturated heterocycles. The van der Waals surface area contributed by atoms with Crippen LogP contribution in [0.4, 0.5) is 8.78 Å². The second kappa shape index (κ2) is 5.03. The topological polar surface area (TPSA) is 18.5 Å². The molecule has 0 heterocycles. The molecular weight excluding hydrogens is 190 g/mol. The molecule has 0 aromatic carbocycles. The summed E-state index contributed by atoms with van der Waals surface area (Å²) < 4.78 is 35.4. The average Bonchev–Trinajstić information content (AvgIpc) is 2.00. The Morgan fingerprint density at radius 2 is 1.93 bits per heavy atom. The van der Waals surface area contributed by atoms with E-state index in [2.05, 4.69) is 0 Å². The van der Waals surface area contributed by atoms with Crippen LogP contribution in [-0.4, -0.2) is 31.8 Å². The molecule has 0 amide bonds. The van der Waals surface area contributed by atoms with Crippen molar-refractivity contribution < 1.29 is 18.3 Å². The number of ether oxygens (including phenoxy) is 2. The quantitative estimate of drug-likeness (QED) is 0.625. The lowest BCUT2D eigenvalue weighted by molar-refractivity contribution is -0.116. The zero-order valence-corrected chi connectivity index (χ0v) is 8.76. The number of halogens is 2. The first kappa shape index (κ1) is 11.9. The molecule has 1 fully saturated rings. The van der Waals surface area contributed by atoms with Gasteiger partial charge in [-0.1, -0.05) is 0 Å². The number of rotatable bonds is 6. The normalized spacial score (nSPS) is 27.4. The van der Waals surface area contributed by atoms with Crippen LogP contribution in [0.3, 0.4) is 0 Å². The van der Waals surface area contributed by atoms with Crippen molar-refractivity contribution in [1.29, 1.82) is 0 Å². The van der Waals surface area contributed by atoms with E-state index in [4.69, 9.17) is 9.47 Å². The number of methoxy groups -OCH3 is 1. The highest BCUT2D eigenvalue weighted by atomic mass is 19.3. The molecule has 14 heavy (non-hydrogen) atoms. The minimum Gasteiger partial charge on any atom is -0.379 e. The van der Waals surface area contributed by atoms with E-state index in [9.17, 15) is 8.78 Å². The van der Waals surface area contributed by atoms with Gasteiger partial charge in [-0.25, -0.2) is 8.78 Å². The minimum atomic E-state index is -2.57. The van der Waals surface area contributed by atoms with Crippen LogP contribution >= 0.6 is 0 Å². The maximum absolute atomic E-state index is 12.4. The van der Waals surface area contributed by atoms with Crippen molar-refractivity contribution in [2.75, 3.05) is 13.7 Å². The van der Waals surface area contributed by atoms with E-state index in [0.29, 0.717) is 13.0 Å². The Kier molecular flexibility index (Phi) is 4.26. The van der Waals surface area contributed by atoms with Crippen molar-refractivity contribution in [2.24, 2.45) is 0 Å². The van der Waals surface area contributed by atoms with Crippen molar-refractivity contribution in [3.8, 4) is 0 Å². The predicted molar refractivity (Wildman–Crippen MR) is 49.6 cm³/mol. The molecule has 0 bridgehead atoms. The Labute approximate surface area is 83.6 Å². The lowest BCUT2D eigenvalue weighted by atomic mass is 9.92. The zero-order chi connectivity index (χ0) is 10.6. The standard InChI is InChI=1S/C10H18F2O2/c1-10(11,12)6-3-7-14-9-5-4-8(9)13-2/h8-9H,3-7H2,1-2H3. The zero-order valence-electron chi connectivity index (χ0n) is 8.76. The van der Waals surface area contributed by atoms with Gasteiger partial charge in [0.05, 0.1) is 12.2 Å². The summed E-state index contributed by atoms with van der Waals surface area (Å²) in [6.07, 6.45) is 2.63. The Hall–Kier alpha value is -0.220. The molecule has 1 saturated carbocycles. The van der Waals surface area contributed by atoms with Crippen LogP contribution in [0.15, 0.2) is 0 Å². The van der Waals surface area contributed by atoms with Crippen molar-refractivity contribution in [3.63, 3.8) is 0 Å². The predicted octanol–water partition coefficient (Wildman–Crippen LogP) is 2.62. The highest BCUT2D eigenvalue weighted by Crippen LogP contribution is 2.26. The van der Waals surface area contributed by atoms with Crippen molar-refractivity contribution in [2.45, 2.75) is 50.7 Å². The van der Waals surface area contributed by atoms with E-state index in [0.717, 1.165) is 19.8 Å².